The minimum absolute atomic E-state index is 0. The van der Waals surface area contributed by atoms with Crippen LogP contribution in [0.2, 0.25) is 0 Å². The summed E-state index contributed by atoms with van der Waals surface area (Å²) in [6, 6.07) is 15.2. The average Bonchev–Trinajstić information content (AvgIpc) is 2.96. The number of carbonyl (C=O) groups is 4. The lowest BCUT2D eigenvalue weighted by atomic mass is 9.95. The molecular weight excluding hydrogens is 671 g/mol. The first-order valence-corrected chi connectivity index (χ1v) is 16.5. The Balaban J connectivity index is 0.000000357. The predicted octanol–water partition coefficient (Wildman–Crippen LogP) is 7.55. The molecule has 2 atom stereocenters. The lowest BCUT2D eigenvalue weighted by Gasteiger charge is -2.35. The van der Waals surface area contributed by atoms with Crippen LogP contribution < -0.4 is 10.2 Å². The van der Waals surface area contributed by atoms with E-state index in [1.54, 1.807) is 11.8 Å². The number of aryl methyl sites for hydroxylation is 2. The van der Waals surface area contributed by atoms with Crippen molar-refractivity contribution in [3.63, 3.8) is 0 Å². The highest BCUT2D eigenvalue weighted by molar-refractivity contribution is 14.1. The van der Waals surface area contributed by atoms with Gasteiger partial charge in [-0.05, 0) is 74.6 Å². The summed E-state index contributed by atoms with van der Waals surface area (Å²) >= 11 is 2.13. The summed E-state index contributed by atoms with van der Waals surface area (Å²) in [6.07, 6.45) is 4.20. The van der Waals surface area contributed by atoms with Crippen LogP contribution in [0.5, 0.6) is 0 Å². The first-order chi connectivity index (χ1) is 20.5. The van der Waals surface area contributed by atoms with E-state index in [0.29, 0.717) is 44.3 Å². The second-order valence-corrected chi connectivity index (χ2v) is 12.8. The van der Waals surface area contributed by atoms with Crippen LogP contribution in [0.25, 0.3) is 0 Å². The molecule has 0 spiro atoms. The number of carbonyl (C=O) groups excluding carboxylic acids is 4. The Labute approximate surface area is 277 Å². The Morgan fingerprint density at radius 3 is 1.95 bits per heavy atom. The number of nitrogens with one attached hydrogen (secondary N) is 1. The summed E-state index contributed by atoms with van der Waals surface area (Å²) in [5.74, 6) is 0.608. The number of esters is 2. The molecule has 2 aromatic carbocycles. The minimum Gasteiger partial charge on any atom is -0.465 e. The number of fused-ring (bicyclic) bond motifs is 2. The van der Waals surface area contributed by atoms with E-state index >= 15 is 0 Å². The van der Waals surface area contributed by atoms with Crippen molar-refractivity contribution in [1.29, 1.82) is 0 Å². The number of benzene rings is 2. The minimum atomic E-state index is -0.529. The van der Waals surface area contributed by atoms with Gasteiger partial charge in [-0.15, -0.1) is 0 Å². The number of hydrogen-bond acceptors (Lipinski definition) is 6. The molecule has 0 aliphatic carbocycles. The van der Waals surface area contributed by atoms with Gasteiger partial charge >= 0.3 is 11.9 Å². The molecule has 2 aromatic rings. The van der Waals surface area contributed by atoms with Gasteiger partial charge in [-0.25, -0.2) is 4.79 Å². The van der Waals surface area contributed by atoms with E-state index in [-0.39, 0.29) is 35.1 Å². The van der Waals surface area contributed by atoms with E-state index in [4.69, 9.17) is 9.47 Å². The molecule has 0 saturated heterocycles. The van der Waals surface area contributed by atoms with Gasteiger partial charge in [0.25, 0.3) is 0 Å². The zero-order valence-corrected chi connectivity index (χ0v) is 28.5. The van der Waals surface area contributed by atoms with E-state index in [2.05, 4.69) is 47.8 Å². The van der Waals surface area contributed by atoms with Gasteiger partial charge in [0.15, 0.2) is 0 Å². The fourth-order valence-corrected chi connectivity index (χ4v) is 6.05. The molecule has 2 amide bonds. The quantitative estimate of drug-likeness (QED) is 0.163. The maximum atomic E-state index is 12.4. The zero-order valence-electron chi connectivity index (χ0n) is 26.4. The Morgan fingerprint density at radius 2 is 1.34 bits per heavy atom. The van der Waals surface area contributed by atoms with Crippen LogP contribution in [0.15, 0.2) is 48.5 Å². The summed E-state index contributed by atoms with van der Waals surface area (Å²) in [4.78, 5) is 48.3. The molecule has 0 bridgehead atoms. The van der Waals surface area contributed by atoms with Gasteiger partial charge in [0, 0.05) is 24.2 Å². The van der Waals surface area contributed by atoms with Gasteiger partial charge in [0.1, 0.15) is 9.97 Å². The summed E-state index contributed by atoms with van der Waals surface area (Å²) in [5, 5.41) is 2.82. The van der Waals surface area contributed by atoms with Crippen molar-refractivity contribution in [3.8, 4) is 0 Å². The van der Waals surface area contributed by atoms with Crippen LogP contribution in [0.1, 0.15) is 85.8 Å². The van der Waals surface area contributed by atoms with E-state index in [1.807, 2.05) is 63.2 Å². The van der Waals surface area contributed by atoms with Crippen LogP contribution in [0.4, 0.5) is 11.4 Å². The number of anilines is 2. The van der Waals surface area contributed by atoms with Gasteiger partial charge < -0.3 is 14.8 Å². The molecule has 1 N–H and O–H groups in total. The molecule has 2 unspecified atom stereocenters. The fraction of sp³-hybridized carbons (Fsp3) is 0.543. The number of para-hydroxylation sites is 2. The van der Waals surface area contributed by atoms with Crippen molar-refractivity contribution in [3.05, 3.63) is 59.7 Å². The summed E-state index contributed by atoms with van der Waals surface area (Å²) in [6.45, 7) is 12.7. The third-order valence-corrected chi connectivity index (χ3v) is 7.84. The molecule has 2 heterocycles. The van der Waals surface area contributed by atoms with Gasteiger partial charge in [-0.2, -0.15) is 0 Å². The number of alkyl halides is 1. The molecule has 2 aliphatic heterocycles. The van der Waals surface area contributed by atoms with Crippen molar-refractivity contribution in [2.75, 3.05) is 23.4 Å². The molecule has 44 heavy (non-hydrogen) atoms. The first kappa shape index (κ1) is 39.1. The summed E-state index contributed by atoms with van der Waals surface area (Å²) < 4.78 is 10.1. The molecular formula is C35H51IN2O6. The largest absolute Gasteiger partial charge is 0.465 e. The maximum Gasteiger partial charge on any atom is 0.329 e. The van der Waals surface area contributed by atoms with Crippen LogP contribution in [0.3, 0.4) is 0 Å². The van der Waals surface area contributed by atoms with Crippen LogP contribution in [-0.4, -0.2) is 46.9 Å². The topological polar surface area (TPSA) is 102 Å². The number of amides is 2. The Kier molecular flexibility index (Phi) is 17.9. The van der Waals surface area contributed by atoms with Crippen molar-refractivity contribution in [2.24, 2.45) is 11.8 Å². The molecule has 0 radical (unpaired) electrons. The number of ether oxygens (including phenoxy) is 2. The summed E-state index contributed by atoms with van der Waals surface area (Å²) in [5.41, 5.74) is 4.19. The number of hydrogen-bond donors (Lipinski definition) is 1. The standard InChI is InChI=1S/C17H23NO3.C9H9NO.C8H15IO2.CH4/c1-4-21-17(20)15(11-12(2)3)18-14-8-6-5-7-13(14)9-10-16(18)19;11-9-6-5-7-3-1-2-4-8(7)10-9;1-4-11-8(10)7(9)5-6(2)3;/h5-8,12,15H,4,9-11H2,1-3H3;1-4H,5-6H2,(H,10,11);6-7H,4-5H2,1-3H3;1H4. The molecule has 4 rings (SSSR count). The maximum absolute atomic E-state index is 12.4. The molecule has 0 aromatic heterocycles. The molecule has 2 aliphatic rings. The van der Waals surface area contributed by atoms with Crippen LogP contribution >= 0.6 is 22.6 Å². The molecule has 0 saturated carbocycles. The Hall–Kier alpha value is -2.95. The molecule has 0 fully saturated rings. The Bertz CT molecular complexity index is 1220. The lowest BCUT2D eigenvalue weighted by Crippen LogP contribution is -2.48. The fourth-order valence-electron chi connectivity index (χ4n) is 4.85. The van der Waals surface area contributed by atoms with E-state index in [1.165, 1.54) is 5.56 Å². The molecule has 8 nitrogen and oxygen atoms in total. The van der Waals surface area contributed by atoms with Crippen molar-refractivity contribution in [1.82, 2.24) is 0 Å². The molecule has 9 heteroatoms. The highest BCUT2D eigenvalue weighted by Crippen LogP contribution is 2.31. The van der Waals surface area contributed by atoms with Gasteiger partial charge in [-0.1, -0.05) is 94.1 Å². The average molecular weight is 723 g/mol. The van der Waals surface area contributed by atoms with Crippen molar-refractivity contribution in [2.45, 2.75) is 97.5 Å². The van der Waals surface area contributed by atoms with Gasteiger partial charge in [-0.3, -0.25) is 19.3 Å². The zero-order chi connectivity index (χ0) is 31.9. The normalized spacial score (nSPS) is 14.7. The Morgan fingerprint density at radius 1 is 0.795 bits per heavy atom. The highest BCUT2D eigenvalue weighted by Gasteiger charge is 2.35. The van der Waals surface area contributed by atoms with Gasteiger partial charge in [0.2, 0.25) is 11.8 Å². The van der Waals surface area contributed by atoms with E-state index < -0.39 is 6.04 Å². The molecule has 244 valence electrons. The monoisotopic (exact) mass is 722 g/mol. The second-order valence-electron chi connectivity index (χ2n) is 11.3. The smallest absolute Gasteiger partial charge is 0.329 e. The third-order valence-electron chi connectivity index (χ3n) is 6.83. The van der Waals surface area contributed by atoms with Crippen molar-refractivity contribution >= 4 is 57.7 Å². The van der Waals surface area contributed by atoms with Crippen molar-refractivity contribution < 1.29 is 28.7 Å². The van der Waals surface area contributed by atoms with E-state index in [9.17, 15) is 19.2 Å². The first-order valence-electron chi connectivity index (χ1n) is 15.2. The second kappa shape index (κ2) is 20.2. The number of halogens is 1. The van der Waals surface area contributed by atoms with E-state index in [0.717, 1.165) is 36.2 Å². The number of rotatable bonds is 9. The highest BCUT2D eigenvalue weighted by atomic mass is 127. The predicted molar refractivity (Wildman–Crippen MR) is 186 cm³/mol. The van der Waals surface area contributed by atoms with Gasteiger partial charge in [0.05, 0.1) is 13.2 Å². The third kappa shape index (κ3) is 12.6. The SMILES string of the molecule is C.CCOC(=O)C(CC(C)C)N1C(=O)CCc2ccccc21.CCOC(=O)C(I)CC(C)C.O=C1CCc2ccccc2N1. The van der Waals surface area contributed by atoms with Crippen LogP contribution in [-0.2, 0) is 41.5 Å². The number of nitrogens with zero attached hydrogens (tertiary/aromatic N) is 1. The lowest BCUT2D eigenvalue weighted by molar-refractivity contribution is -0.146. The van der Waals surface area contributed by atoms with Crippen LogP contribution in [0, 0.1) is 11.8 Å². The summed E-state index contributed by atoms with van der Waals surface area (Å²) in [7, 11) is 0.